The third kappa shape index (κ3) is 12.6. The summed E-state index contributed by atoms with van der Waals surface area (Å²) < 4.78 is 113. The lowest BCUT2D eigenvalue weighted by atomic mass is 9.41. The molecule has 9 fully saturated rings. The summed E-state index contributed by atoms with van der Waals surface area (Å²) in [5, 5.41) is 121. The Morgan fingerprint density at radius 1 is 0.689 bits per heavy atom. The van der Waals surface area contributed by atoms with Crippen LogP contribution in [0.5, 0.6) is 0 Å². The van der Waals surface area contributed by atoms with Gasteiger partial charge in [0.15, 0.2) is 31.5 Å². The molecule has 6 saturated heterocycles. The first-order chi connectivity index (χ1) is 42.2. The number of carbonyl (C=O) groups is 2. The number of ether oxygens (including phenoxy) is 12. The fourth-order valence-electron chi connectivity index (χ4n) is 17.7. The van der Waals surface area contributed by atoms with Crippen LogP contribution in [0, 0.1) is 51.2 Å². The van der Waals surface area contributed by atoms with E-state index >= 15 is 0 Å². The van der Waals surface area contributed by atoms with E-state index in [1.165, 1.54) is 13.8 Å². The van der Waals surface area contributed by atoms with Crippen LogP contribution in [0.3, 0.4) is 0 Å². The van der Waals surface area contributed by atoms with Gasteiger partial charge in [0, 0.05) is 18.3 Å². The van der Waals surface area contributed by atoms with Crippen molar-refractivity contribution in [1.29, 1.82) is 0 Å². The summed E-state index contributed by atoms with van der Waals surface area (Å²) in [4.78, 5) is 27.6. The molecule has 6 aliphatic heterocycles. The van der Waals surface area contributed by atoms with Gasteiger partial charge in [-0.15, -0.1) is 0 Å². The maximum atomic E-state index is 14.8. The molecular formula is C60H96O29S. The number of hydrogen-bond acceptors (Lipinski definition) is 28. The molecule has 0 bridgehead atoms. The molecule has 12 N–H and O–H groups in total. The quantitative estimate of drug-likeness (QED) is 0.0409. The molecule has 30 heteroatoms. The molecule has 0 amide bonds. The van der Waals surface area contributed by atoms with Crippen molar-refractivity contribution in [2.75, 3.05) is 33.0 Å². The Bertz CT molecular complexity index is 2670. The number of fused-ring (bicyclic) bond motifs is 4. The Kier molecular flexibility index (Phi) is 20.8. The molecule has 516 valence electrons. The van der Waals surface area contributed by atoms with Crippen molar-refractivity contribution in [1.82, 2.24) is 0 Å². The van der Waals surface area contributed by atoms with Crippen LogP contribution in [0.2, 0.25) is 0 Å². The van der Waals surface area contributed by atoms with Gasteiger partial charge in [-0.25, -0.2) is 4.18 Å². The minimum absolute atomic E-state index is 0.000530. The standard InChI is InChI=1S/C60H96O29S/c1-25(2)11-10-16-59(9)49-33(81-27(4)63)19-58(8)30-12-13-36-56(5,6)37(15-17-57(36,7)29(30)14-18-60(49,58)55(73)88-59)83-53-47(41(69)35(24-79-53)89-90(74,75)76)87-54-48(86-50-42(70)40(68)31(64)22-77-50)43(71)45(26(3)80-54)84-51-44(72)46(32(65)23-78-51)85-52-39(67)28(20-61)38(66)34(21-62)82-52/h12,25-26,28-29,31-54,61-62,64-72H,10-11,13-24H2,1-9H3,(H,74,75,76)/t26?,28?,29?,31?,32?,33-,34?,35?,36-,37-,38?,39?,40?,41?,42?,43?,44?,45?,46?,47?,48?,49+,50?,51?,52?,53?,54?,57+,58-,59-,60?/m0/s1. The van der Waals surface area contributed by atoms with Crippen LogP contribution in [-0.4, -0.2) is 261 Å². The SMILES string of the molecule is CC(=O)O[C@H]1C[C@@]2(C)C3=CC[C@H]4C(C)(C)[C@@H](OC5OCC(OS(=O)(=O)O)C(O)C5OC5OC(C)C(OC6OCC(O)C(OC7OC(CO)C(O)C(CO)C7O)C6O)C(O)C5OC5OCC(O)C(O)C5O)CC[C@]4(C)C3CCC23C(=O)O[C@@](C)(CCCC(C)C)[C@@H]13. The molecule has 6 heterocycles. The molecule has 0 aromatic carbocycles. The molecule has 0 aromatic heterocycles. The number of aliphatic hydroxyl groups is 11. The topological polar surface area (TPSA) is 431 Å². The highest BCUT2D eigenvalue weighted by atomic mass is 32.3. The number of aliphatic hydroxyl groups excluding tert-OH is 11. The van der Waals surface area contributed by atoms with Gasteiger partial charge in [0.1, 0.15) is 97.2 Å². The van der Waals surface area contributed by atoms with Gasteiger partial charge in [-0.3, -0.25) is 14.1 Å². The molecule has 90 heavy (non-hydrogen) atoms. The molecule has 31 atom stereocenters. The highest BCUT2D eigenvalue weighted by Gasteiger charge is 2.79. The number of hydrogen-bond donors (Lipinski definition) is 12. The Morgan fingerprint density at radius 3 is 1.98 bits per heavy atom. The van der Waals surface area contributed by atoms with E-state index in [0.29, 0.717) is 50.9 Å². The van der Waals surface area contributed by atoms with Gasteiger partial charge < -0.3 is 113 Å². The molecule has 1 spiro atoms. The highest BCUT2D eigenvalue weighted by molar-refractivity contribution is 7.80. The molecule has 24 unspecified atom stereocenters. The maximum Gasteiger partial charge on any atom is 0.397 e. The Balaban J connectivity index is 0.904. The fourth-order valence-corrected chi connectivity index (χ4v) is 18.2. The Hall–Kier alpha value is -2.29. The Labute approximate surface area is 523 Å². The van der Waals surface area contributed by atoms with Gasteiger partial charge in [0.25, 0.3) is 0 Å². The average Bonchev–Trinajstić information content (AvgIpc) is 1.46. The average molecular weight is 1310 g/mol. The van der Waals surface area contributed by atoms with Gasteiger partial charge in [0.05, 0.1) is 62.7 Å². The van der Waals surface area contributed by atoms with Crippen LogP contribution >= 0.6 is 0 Å². The minimum atomic E-state index is -5.26. The van der Waals surface area contributed by atoms with Crippen LogP contribution in [0.1, 0.15) is 120 Å². The van der Waals surface area contributed by atoms with Crippen LogP contribution < -0.4 is 0 Å². The monoisotopic (exact) mass is 1310 g/mol. The number of rotatable bonds is 19. The van der Waals surface area contributed by atoms with Crippen LogP contribution in [0.4, 0.5) is 0 Å². The predicted octanol–water partition coefficient (Wildman–Crippen LogP) is -1.24. The second kappa shape index (κ2) is 26.6. The first kappa shape index (κ1) is 70.5. The summed E-state index contributed by atoms with van der Waals surface area (Å²) in [5.41, 5.74) is -2.38. The molecule has 0 radical (unpaired) electrons. The third-order valence-corrected chi connectivity index (χ3v) is 22.8. The van der Waals surface area contributed by atoms with Gasteiger partial charge >= 0.3 is 22.3 Å². The summed E-state index contributed by atoms with van der Waals surface area (Å²) >= 11 is 0. The van der Waals surface area contributed by atoms with E-state index in [2.05, 4.69) is 47.6 Å². The number of cyclic esters (lactones) is 1. The van der Waals surface area contributed by atoms with E-state index in [1.807, 2.05) is 6.92 Å². The molecular weight excluding hydrogens is 1220 g/mol. The predicted molar refractivity (Wildman–Crippen MR) is 302 cm³/mol. The first-order valence-electron chi connectivity index (χ1n) is 31.7. The van der Waals surface area contributed by atoms with Crippen molar-refractivity contribution in [3.05, 3.63) is 11.6 Å². The van der Waals surface area contributed by atoms with Gasteiger partial charge in [0.2, 0.25) is 0 Å². The van der Waals surface area contributed by atoms with Crippen LogP contribution in [0.15, 0.2) is 11.6 Å². The van der Waals surface area contributed by atoms with E-state index in [4.69, 9.17) is 61.0 Å². The van der Waals surface area contributed by atoms with Gasteiger partial charge in [-0.1, -0.05) is 59.6 Å². The van der Waals surface area contributed by atoms with Crippen molar-refractivity contribution in [3.63, 3.8) is 0 Å². The van der Waals surface area contributed by atoms with E-state index in [1.54, 1.807) is 0 Å². The summed E-state index contributed by atoms with van der Waals surface area (Å²) in [5.74, 6) is -1.91. The molecule has 3 saturated carbocycles. The second-order valence-corrected chi connectivity index (χ2v) is 29.6. The molecule has 10 rings (SSSR count). The van der Waals surface area contributed by atoms with Crippen molar-refractivity contribution in [3.8, 4) is 0 Å². The van der Waals surface area contributed by atoms with Gasteiger partial charge in [-0.05, 0) is 93.8 Å². The zero-order valence-corrected chi connectivity index (χ0v) is 53.2. The van der Waals surface area contributed by atoms with Crippen molar-refractivity contribution >= 4 is 22.3 Å². The van der Waals surface area contributed by atoms with E-state index in [0.717, 1.165) is 18.4 Å². The lowest BCUT2D eigenvalue weighted by molar-refractivity contribution is -0.398. The van der Waals surface area contributed by atoms with Crippen LogP contribution in [-0.2, 0) is 81.0 Å². The maximum absolute atomic E-state index is 14.8. The zero-order chi connectivity index (χ0) is 65.7. The van der Waals surface area contributed by atoms with Crippen LogP contribution in [0.25, 0.3) is 0 Å². The summed E-state index contributed by atoms with van der Waals surface area (Å²) in [6, 6.07) is 0. The minimum Gasteiger partial charge on any atom is -0.462 e. The zero-order valence-electron chi connectivity index (χ0n) is 52.4. The molecule has 0 aromatic rings. The highest BCUT2D eigenvalue weighted by Crippen LogP contribution is 2.77. The van der Waals surface area contributed by atoms with E-state index < -0.39 is 218 Å². The van der Waals surface area contributed by atoms with Gasteiger partial charge in [-0.2, -0.15) is 8.42 Å². The molecule has 29 nitrogen and oxygen atoms in total. The van der Waals surface area contributed by atoms with Crippen molar-refractivity contribution in [2.45, 2.75) is 267 Å². The third-order valence-electron chi connectivity index (χ3n) is 22.3. The lowest BCUT2D eigenvalue weighted by Gasteiger charge is -2.64. The summed E-state index contributed by atoms with van der Waals surface area (Å²) in [6.07, 6.45) is -29.9. The summed E-state index contributed by atoms with van der Waals surface area (Å²) in [7, 11) is -5.26. The molecule has 10 aliphatic rings. The summed E-state index contributed by atoms with van der Waals surface area (Å²) in [6.45, 7) is 14.3. The smallest absolute Gasteiger partial charge is 0.397 e. The van der Waals surface area contributed by atoms with E-state index in [-0.39, 0.29) is 29.1 Å². The number of esters is 2. The number of carbonyl (C=O) groups excluding carboxylic acids is 2. The number of allylic oxidation sites excluding steroid dienone is 2. The van der Waals surface area contributed by atoms with E-state index in [9.17, 15) is 78.7 Å². The largest absolute Gasteiger partial charge is 0.462 e. The second-order valence-electron chi connectivity index (χ2n) is 28.6. The first-order valence-corrected chi connectivity index (χ1v) is 33.1. The van der Waals surface area contributed by atoms with Crippen molar-refractivity contribution in [2.24, 2.45) is 51.2 Å². The lowest BCUT2D eigenvalue weighted by Crippen LogP contribution is -2.67. The van der Waals surface area contributed by atoms with Crippen molar-refractivity contribution < 1.29 is 140 Å². The Morgan fingerprint density at radius 2 is 1.32 bits per heavy atom. The fraction of sp³-hybridized carbons (Fsp3) is 0.933. The normalized spacial score (nSPS) is 50.3. The molecule has 4 aliphatic carbocycles.